The van der Waals surface area contributed by atoms with E-state index in [9.17, 15) is 18.5 Å². The highest BCUT2D eigenvalue weighted by Gasteiger charge is 2.26. The van der Waals surface area contributed by atoms with Crippen molar-refractivity contribution in [2.24, 2.45) is 0 Å². The van der Waals surface area contributed by atoms with E-state index in [1.54, 1.807) is 6.92 Å². The number of rotatable bonds is 6. The molecule has 1 aromatic rings. The van der Waals surface area contributed by atoms with Crippen molar-refractivity contribution in [3.05, 3.63) is 28.3 Å². The average Bonchev–Trinajstić information content (AvgIpc) is 2.34. The number of benzene rings is 1. The van der Waals surface area contributed by atoms with E-state index in [1.807, 2.05) is 0 Å². The van der Waals surface area contributed by atoms with Crippen molar-refractivity contribution in [1.29, 1.82) is 0 Å². The maximum absolute atomic E-state index is 11.6. The van der Waals surface area contributed by atoms with Crippen LogP contribution in [0.5, 0.6) is 0 Å². The second kappa shape index (κ2) is 5.98. The molecule has 1 rings (SSSR count). The molecule has 0 bridgehead atoms. The highest BCUT2D eigenvalue weighted by molar-refractivity contribution is 7.90. The smallest absolute Gasteiger partial charge is 0.310 e. The summed E-state index contributed by atoms with van der Waals surface area (Å²) in [5.74, 6) is 0. The van der Waals surface area contributed by atoms with Crippen molar-refractivity contribution in [1.82, 2.24) is 0 Å². The Bertz CT molecular complexity index is 566. The lowest BCUT2D eigenvalue weighted by Gasteiger charge is -2.16. The van der Waals surface area contributed by atoms with Crippen LogP contribution in [-0.2, 0) is 9.84 Å². The maximum Gasteiger partial charge on any atom is 0.310 e. The first-order chi connectivity index (χ1) is 8.81. The van der Waals surface area contributed by atoms with E-state index in [-0.39, 0.29) is 23.2 Å². The summed E-state index contributed by atoms with van der Waals surface area (Å²) in [4.78, 5) is 10.0. The summed E-state index contributed by atoms with van der Waals surface area (Å²) in [6.45, 7) is 1.61. The zero-order valence-corrected chi connectivity index (χ0v) is 11.5. The minimum atomic E-state index is -3.69. The lowest BCUT2D eigenvalue weighted by atomic mass is 10.2. The van der Waals surface area contributed by atoms with Crippen LogP contribution >= 0.6 is 0 Å². The molecule has 2 N–H and O–H groups in total. The highest BCUT2D eigenvalue weighted by atomic mass is 32.2. The van der Waals surface area contributed by atoms with Crippen molar-refractivity contribution < 1.29 is 18.4 Å². The molecule has 0 spiro atoms. The first-order valence-electron chi connectivity index (χ1n) is 5.66. The third kappa shape index (κ3) is 3.65. The second-order valence-electron chi connectivity index (χ2n) is 4.11. The van der Waals surface area contributed by atoms with Gasteiger partial charge in [0, 0.05) is 12.3 Å². The van der Waals surface area contributed by atoms with Gasteiger partial charge in [0.2, 0.25) is 0 Å². The summed E-state index contributed by atoms with van der Waals surface area (Å²) in [5, 5.41) is 23.0. The number of hydrogen-bond donors (Lipinski definition) is 2. The van der Waals surface area contributed by atoms with Gasteiger partial charge in [0.1, 0.15) is 10.6 Å². The number of nitrogens with one attached hydrogen (secondary N) is 1. The molecule has 0 saturated heterocycles. The number of aliphatic hydroxyl groups excluding tert-OH is 1. The van der Waals surface area contributed by atoms with Crippen molar-refractivity contribution >= 4 is 21.2 Å². The molecule has 7 nitrogen and oxygen atoms in total. The van der Waals surface area contributed by atoms with Gasteiger partial charge in [-0.3, -0.25) is 10.1 Å². The standard InChI is InChI=1S/C11H16N2O5S/c1-3-8(7-14)12-9-5-4-6-10(19(2,17)18)11(9)13(15)16/h4-6,8,12,14H,3,7H2,1-2H3. The van der Waals surface area contributed by atoms with Gasteiger partial charge in [-0.25, -0.2) is 8.42 Å². The molecule has 0 amide bonds. The minimum absolute atomic E-state index is 0.0915. The van der Waals surface area contributed by atoms with Crippen LogP contribution in [-0.4, -0.2) is 37.4 Å². The number of para-hydroxylation sites is 1. The van der Waals surface area contributed by atoms with Gasteiger partial charge < -0.3 is 10.4 Å². The molecular weight excluding hydrogens is 272 g/mol. The fourth-order valence-corrected chi connectivity index (χ4v) is 2.48. The molecule has 19 heavy (non-hydrogen) atoms. The van der Waals surface area contributed by atoms with Gasteiger partial charge >= 0.3 is 5.69 Å². The van der Waals surface area contributed by atoms with Gasteiger partial charge in [-0.2, -0.15) is 0 Å². The summed E-state index contributed by atoms with van der Waals surface area (Å²) in [7, 11) is -3.69. The molecule has 8 heteroatoms. The molecule has 0 aromatic heterocycles. The Kier molecular flexibility index (Phi) is 4.84. The predicted octanol–water partition coefficient (Wildman–Crippen LogP) is 1.18. The van der Waals surface area contributed by atoms with E-state index in [1.165, 1.54) is 18.2 Å². The van der Waals surface area contributed by atoms with Gasteiger partial charge in [0.15, 0.2) is 9.84 Å². The van der Waals surface area contributed by atoms with E-state index < -0.39 is 20.4 Å². The molecule has 1 atom stereocenters. The van der Waals surface area contributed by atoms with Crippen LogP contribution in [0.4, 0.5) is 11.4 Å². The molecule has 0 aliphatic rings. The monoisotopic (exact) mass is 288 g/mol. The Morgan fingerprint density at radius 3 is 2.53 bits per heavy atom. The quantitative estimate of drug-likeness (QED) is 0.601. The van der Waals surface area contributed by atoms with Gasteiger partial charge in [0.05, 0.1) is 11.5 Å². The van der Waals surface area contributed by atoms with Gasteiger partial charge in [0.25, 0.3) is 0 Å². The van der Waals surface area contributed by atoms with Gasteiger partial charge in [-0.05, 0) is 18.6 Å². The molecule has 0 fully saturated rings. The fourth-order valence-electron chi connectivity index (χ4n) is 1.62. The second-order valence-corrected chi connectivity index (χ2v) is 6.10. The van der Waals surface area contributed by atoms with E-state index in [4.69, 9.17) is 5.11 Å². The third-order valence-corrected chi connectivity index (χ3v) is 3.78. The first-order valence-corrected chi connectivity index (χ1v) is 7.55. The average molecular weight is 288 g/mol. The topological polar surface area (TPSA) is 110 Å². The maximum atomic E-state index is 11.6. The third-order valence-electron chi connectivity index (χ3n) is 2.65. The van der Waals surface area contributed by atoms with Crippen LogP contribution < -0.4 is 5.32 Å². The van der Waals surface area contributed by atoms with Crippen molar-refractivity contribution in [3.63, 3.8) is 0 Å². The van der Waals surface area contributed by atoms with E-state index >= 15 is 0 Å². The molecule has 0 heterocycles. The number of hydrogen-bond acceptors (Lipinski definition) is 6. The van der Waals surface area contributed by atoms with Crippen LogP contribution in [0.1, 0.15) is 13.3 Å². The number of sulfone groups is 1. The number of nitro benzene ring substituents is 1. The molecule has 0 aliphatic carbocycles. The Morgan fingerprint density at radius 2 is 2.11 bits per heavy atom. The predicted molar refractivity (Wildman–Crippen MR) is 71.0 cm³/mol. The zero-order valence-electron chi connectivity index (χ0n) is 10.7. The number of anilines is 1. The van der Waals surface area contributed by atoms with Crippen LogP contribution in [0, 0.1) is 10.1 Å². The highest BCUT2D eigenvalue weighted by Crippen LogP contribution is 2.32. The van der Waals surface area contributed by atoms with Crippen LogP contribution in [0.15, 0.2) is 23.1 Å². The molecule has 1 aromatic carbocycles. The van der Waals surface area contributed by atoms with Crippen molar-refractivity contribution in [3.8, 4) is 0 Å². The Balaban J connectivity index is 3.37. The number of aliphatic hydroxyl groups is 1. The number of nitro groups is 1. The largest absolute Gasteiger partial charge is 0.394 e. The summed E-state index contributed by atoms with van der Waals surface area (Å²) in [6.07, 6.45) is 1.47. The van der Waals surface area contributed by atoms with E-state index in [0.29, 0.717) is 6.42 Å². The summed E-state index contributed by atoms with van der Waals surface area (Å²) in [5.41, 5.74) is -0.397. The van der Waals surface area contributed by atoms with Gasteiger partial charge in [-0.1, -0.05) is 13.0 Å². The Labute approximate surface area is 111 Å². The van der Waals surface area contributed by atoms with Crippen LogP contribution in [0.2, 0.25) is 0 Å². The van der Waals surface area contributed by atoms with E-state index in [2.05, 4.69) is 5.32 Å². The summed E-state index contributed by atoms with van der Waals surface area (Å²) in [6, 6.07) is 3.67. The molecule has 0 saturated carbocycles. The van der Waals surface area contributed by atoms with Crippen molar-refractivity contribution in [2.45, 2.75) is 24.3 Å². The van der Waals surface area contributed by atoms with Crippen molar-refractivity contribution in [2.75, 3.05) is 18.2 Å². The summed E-state index contributed by atoms with van der Waals surface area (Å²) >= 11 is 0. The normalized spacial score (nSPS) is 13.0. The SMILES string of the molecule is CCC(CO)Nc1cccc(S(C)(=O)=O)c1[N+](=O)[O-]. The zero-order chi connectivity index (χ0) is 14.6. The van der Waals surface area contributed by atoms with Crippen LogP contribution in [0.25, 0.3) is 0 Å². The lowest BCUT2D eigenvalue weighted by molar-refractivity contribution is -0.386. The molecular formula is C11H16N2O5S. The first kappa shape index (κ1) is 15.4. The van der Waals surface area contributed by atoms with E-state index in [0.717, 1.165) is 6.26 Å². The molecule has 1 unspecified atom stereocenters. The molecule has 0 aliphatic heterocycles. The van der Waals surface area contributed by atoms with Gasteiger partial charge in [-0.15, -0.1) is 0 Å². The Hall–Kier alpha value is -1.67. The lowest BCUT2D eigenvalue weighted by Crippen LogP contribution is -2.23. The minimum Gasteiger partial charge on any atom is -0.394 e. The van der Waals surface area contributed by atoms with Crippen LogP contribution in [0.3, 0.4) is 0 Å². The Morgan fingerprint density at radius 1 is 1.47 bits per heavy atom. The fraction of sp³-hybridized carbons (Fsp3) is 0.455. The molecule has 106 valence electrons. The molecule has 0 radical (unpaired) electrons. The number of nitrogens with zero attached hydrogens (tertiary/aromatic N) is 1. The summed E-state index contributed by atoms with van der Waals surface area (Å²) < 4.78 is 23.1.